The Morgan fingerprint density at radius 1 is 1.08 bits per heavy atom. The van der Waals surface area contributed by atoms with E-state index in [1.165, 1.54) is 16.7 Å². The first kappa shape index (κ1) is 29.0. The number of hydrogen-bond donors (Lipinski definition) is 1. The molecule has 0 aromatic heterocycles. The zero-order chi connectivity index (χ0) is 26.3. The average molecular weight is 512 g/mol. The topological polar surface area (TPSA) is 73.9 Å². The maximum atomic E-state index is 12.3. The number of allylic oxidation sites excluding steroid dienone is 2. The molecule has 2 aromatic rings. The van der Waals surface area contributed by atoms with Gasteiger partial charge >= 0.3 is 12.1 Å². The zero-order valence-corrected chi connectivity index (χ0v) is 22.4. The molecule has 194 valence electrons. The van der Waals surface area contributed by atoms with Crippen LogP contribution in [-0.4, -0.2) is 43.7 Å². The molecule has 0 bridgehead atoms. The summed E-state index contributed by atoms with van der Waals surface area (Å²) in [6, 6.07) is 17.9. The van der Waals surface area contributed by atoms with Gasteiger partial charge in [-0.05, 0) is 61.6 Å². The van der Waals surface area contributed by atoms with Crippen molar-refractivity contribution in [1.82, 2.24) is 5.32 Å². The van der Waals surface area contributed by atoms with Gasteiger partial charge in [0, 0.05) is 16.7 Å². The van der Waals surface area contributed by atoms with Crippen molar-refractivity contribution in [2.24, 2.45) is 5.92 Å². The Morgan fingerprint density at radius 3 is 2.42 bits per heavy atom. The number of ether oxygens (including phenoxy) is 3. The fourth-order valence-corrected chi connectivity index (χ4v) is 4.16. The van der Waals surface area contributed by atoms with Crippen LogP contribution in [0.25, 0.3) is 5.57 Å². The zero-order valence-electron chi connectivity index (χ0n) is 21.6. The molecule has 2 aromatic carbocycles. The third-order valence-electron chi connectivity index (χ3n) is 5.90. The minimum atomic E-state index is -0.594. The van der Waals surface area contributed by atoms with Crippen molar-refractivity contribution in [2.75, 3.05) is 25.5 Å². The fourth-order valence-electron chi connectivity index (χ4n) is 3.27. The molecule has 6 nitrogen and oxygen atoms in total. The van der Waals surface area contributed by atoms with Gasteiger partial charge < -0.3 is 19.5 Å². The van der Waals surface area contributed by atoms with Crippen LogP contribution in [0.1, 0.15) is 39.7 Å². The number of amides is 1. The smallest absolute Gasteiger partial charge is 0.407 e. The predicted octanol–water partition coefficient (Wildman–Crippen LogP) is 6.52. The normalized spacial score (nSPS) is 13.1. The molecule has 0 aliphatic heterocycles. The van der Waals surface area contributed by atoms with Crippen LogP contribution in [0.4, 0.5) is 4.79 Å². The number of thioether (sulfide) groups is 1. The Balaban J connectivity index is 1.96. The highest BCUT2D eigenvalue weighted by atomic mass is 32.2. The van der Waals surface area contributed by atoms with Crippen LogP contribution in [0.2, 0.25) is 0 Å². The summed E-state index contributed by atoms with van der Waals surface area (Å²) < 4.78 is 16.4. The van der Waals surface area contributed by atoms with Crippen molar-refractivity contribution in [3.63, 3.8) is 0 Å². The van der Waals surface area contributed by atoms with E-state index in [0.29, 0.717) is 17.4 Å². The maximum absolute atomic E-state index is 12.3. The first-order chi connectivity index (χ1) is 17.3. The van der Waals surface area contributed by atoms with Gasteiger partial charge in [-0.1, -0.05) is 56.3 Å². The van der Waals surface area contributed by atoms with Crippen molar-refractivity contribution in [2.45, 2.75) is 45.1 Å². The lowest BCUT2D eigenvalue weighted by molar-refractivity contribution is -0.137. The van der Waals surface area contributed by atoms with Crippen LogP contribution in [0.15, 0.2) is 77.7 Å². The number of alkyl carbamates (subject to hydrolysis) is 1. The molecule has 7 heteroatoms. The van der Waals surface area contributed by atoms with E-state index in [-0.39, 0.29) is 19.8 Å². The minimum Gasteiger partial charge on any atom is -0.490 e. The summed E-state index contributed by atoms with van der Waals surface area (Å²) in [5.74, 6) is 1.24. The van der Waals surface area contributed by atoms with E-state index < -0.39 is 18.2 Å². The van der Waals surface area contributed by atoms with Crippen LogP contribution in [-0.2, 0) is 14.3 Å². The monoisotopic (exact) mass is 511 g/mol. The number of carbonyl (C=O) groups excluding carboxylic acids is 2. The van der Waals surface area contributed by atoms with Gasteiger partial charge in [0.05, 0.1) is 6.54 Å². The van der Waals surface area contributed by atoms with E-state index >= 15 is 0 Å². The minimum absolute atomic E-state index is 0.0383. The molecule has 2 rings (SSSR count). The van der Waals surface area contributed by atoms with Crippen molar-refractivity contribution >= 4 is 29.4 Å². The Hall–Kier alpha value is -3.19. The number of nitrogens with one attached hydrogen (secondary N) is 1. The molecule has 0 heterocycles. The Bertz CT molecular complexity index is 1000. The fraction of sp³-hybridized carbons (Fsp3) is 0.379. The van der Waals surface area contributed by atoms with Gasteiger partial charge in [0.15, 0.2) is 0 Å². The molecular formula is C29H37NO5S. The highest BCUT2D eigenvalue weighted by Crippen LogP contribution is 2.27. The summed E-state index contributed by atoms with van der Waals surface area (Å²) >= 11 is 1.58. The molecule has 1 amide bonds. The molecule has 2 atom stereocenters. The molecule has 0 saturated carbocycles. The van der Waals surface area contributed by atoms with Gasteiger partial charge in [0.2, 0.25) is 0 Å². The molecular weight excluding hydrogens is 474 g/mol. The molecule has 0 fully saturated rings. The Kier molecular flexibility index (Phi) is 12.7. The van der Waals surface area contributed by atoms with Crippen molar-refractivity contribution in [3.05, 3.63) is 78.4 Å². The van der Waals surface area contributed by atoms with Gasteiger partial charge in [0.25, 0.3) is 0 Å². The molecule has 2 unspecified atom stereocenters. The second-order valence-corrected chi connectivity index (χ2v) is 9.50. The van der Waals surface area contributed by atoms with Gasteiger partial charge in [-0.15, -0.1) is 11.8 Å². The number of carbonyl (C=O) groups is 2. The second kappa shape index (κ2) is 15.7. The highest BCUT2D eigenvalue weighted by molar-refractivity contribution is 7.99. The van der Waals surface area contributed by atoms with Crippen molar-refractivity contribution in [3.8, 4) is 5.75 Å². The van der Waals surface area contributed by atoms with Gasteiger partial charge in [-0.25, -0.2) is 9.59 Å². The average Bonchev–Trinajstić information content (AvgIpc) is 2.91. The summed E-state index contributed by atoms with van der Waals surface area (Å²) in [5.41, 5.74) is 3.85. The summed E-state index contributed by atoms with van der Waals surface area (Å²) in [4.78, 5) is 24.5. The standard InChI is InChI=1S/C29H37NO5S/c1-6-21(3)22(4)23(5)24-13-15-25(16-14-24)34-19-26(20-36-27-11-9-8-10-12-27)35-29(32)30-17-18-33-28(31)7-2/h7-16,21,26H,2,6,17-20H2,1,3-5H3,(H,30,32)/b23-22-. The molecule has 0 aliphatic carbocycles. The first-order valence-corrected chi connectivity index (χ1v) is 13.1. The van der Waals surface area contributed by atoms with E-state index in [1.54, 1.807) is 11.8 Å². The molecule has 0 radical (unpaired) electrons. The molecule has 0 aliphatic rings. The summed E-state index contributed by atoms with van der Waals surface area (Å²) in [5, 5.41) is 2.59. The van der Waals surface area contributed by atoms with Gasteiger partial charge in [-0.3, -0.25) is 0 Å². The third kappa shape index (κ3) is 10.2. The second-order valence-electron chi connectivity index (χ2n) is 8.40. The molecule has 0 spiro atoms. The molecule has 0 saturated heterocycles. The number of hydrogen-bond acceptors (Lipinski definition) is 6. The Labute approximate surface area is 219 Å². The Morgan fingerprint density at radius 2 is 1.78 bits per heavy atom. The number of esters is 1. The maximum Gasteiger partial charge on any atom is 0.407 e. The van der Waals surface area contributed by atoms with Gasteiger partial charge in [-0.2, -0.15) is 0 Å². The first-order valence-electron chi connectivity index (χ1n) is 12.2. The van der Waals surface area contributed by atoms with E-state index in [4.69, 9.17) is 14.2 Å². The lowest BCUT2D eigenvalue weighted by Gasteiger charge is -2.19. The third-order valence-corrected chi connectivity index (χ3v) is 7.05. The summed E-state index contributed by atoms with van der Waals surface area (Å²) in [7, 11) is 0. The van der Waals surface area contributed by atoms with E-state index in [2.05, 4.69) is 51.7 Å². The number of rotatable bonds is 14. The van der Waals surface area contributed by atoms with Gasteiger partial charge in [0.1, 0.15) is 25.1 Å². The van der Waals surface area contributed by atoms with Crippen molar-refractivity contribution < 1.29 is 23.8 Å². The molecule has 1 N–H and O–H groups in total. The highest BCUT2D eigenvalue weighted by Gasteiger charge is 2.17. The largest absolute Gasteiger partial charge is 0.490 e. The van der Waals surface area contributed by atoms with Crippen molar-refractivity contribution in [1.29, 1.82) is 0 Å². The SMILES string of the molecule is C=CC(=O)OCCNC(=O)OC(COc1ccc(/C(C)=C(/C)C(C)CC)cc1)CSc1ccccc1. The quantitative estimate of drug-likeness (QED) is 0.135. The van der Waals surface area contributed by atoms with E-state index in [9.17, 15) is 9.59 Å². The van der Waals surface area contributed by atoms with E-state index in [1.807, 2.05) is 42.5 Å². The number of benzene rings is 2. The summed E-state index contributed by atoms with van der Waals surface area (Å²) in [6.45, 7) is 12.5. The lowest BCUT2D eigenvalue weighted by atomic mass is 9.92. The van der Waals surface area contributed by atoms with Crippen LogP contribution >= 0.6 is 11.8 Å². The summed E-state index contributed by atoms with van der Waals surface area (Å²) in [6.07, 6.45) is 1.10. The van der Waals surface area contributed by atoms with Crippen LogP contribution in [0, 0.1) is 5.92 Å². The lowest BCUT2D eigenvalue weighted by Crippen LogP contribution is -2.35. The molecule has 36 heavy (non-hydrogen) atoms. The van der Waals surface area contributed by atoms with E-state index in [0.717, 1.165) is 17.4 Å². The van der Waals surface area contributed by atoms with Crippen LogP contribution in [0.3, 0.4) is 0 Å². The van der Waals surface area contributed by atoms with Crippen LogP contribution in [0.5, 0.6) is 5.75 Å². The van der Waals surface area contributed by atoms with Crippen LogP contribution < -0.4 is 10.1 Å². The predicted molar refractivity (Wildman–Crippen MR) is 146 cm³/mol.